The van der Waals surface area contributed by atoms with E-state index in [4.69, 9.17) is 0 Å². The molecular weight excluding hydrogens is 264 g/mol. The summed E-state index contributed by atoms with van der Waals surface area (Å²) in [6.07, 6.45) is 1.52. The average molecular weight is 288 g/mol. The number of nitrogens with one attached hydrogen (secondary N) is 1. The molecule has 2 amide bonds. The van der Waals surface area contributed by atoms with Gasteiger partial charge in [0, 0.05) is 12.0 Å². The smallest absolute Gasteiger partial charge is 0.239 e. The van der Waals surface area contributed by atoms with E-state index in [0.717, 1.165) is 12.8 Å². The maximum absolute atomic E-state index is 12.5. The van der Waals surface area contributed by atoms with E-state index in [1.807, 2.05) is 51.1 Å². The van der Waals surface area contributed by atoms with Crippen LogP contribution in [-0.2, 0) is 16.0 Å². The minimum Gasteiger partial charge on any atom is -0.350 e. The lowest BCUT2D eigenvalue weighted by Crippen LogP contribution is -2.58. The van der Waals surface area contributed by atoms with E-state index in [1.54, 1.807) is 4.90 Å². The minimum absolute atomic E-state index is 0.00902. The number of rotatable bonds is 4. The molecule has 0 aromatic heterocycles. The Kier molecular flexibility index (Phi) is 4.66. The Morgan fingerprint density at radius 3 is 2.62 bits per heavy atom. The predicted octanol–water partition coefficient (Wildman–Crippen LogP) is 1.99. The second kappa shape index (κ2) is 6.29. The van der Waals surface area contributed by atoms with Crippen LogP contribution < -0.4 is 5.32 Å². The van der Waals surface area contributed by atoms with Crippen LogP contribution in [0.25, 0.3) is 0 Å². The van der Waals surface area contributed by atoms with Crippen molar-refractivity contribution in [1.29, 1.82) is 0 Å². The molecule has 2 rings (SSSR count). The Labute approximate surface area is 126 Å². The monoisotopic (exact) mass is 288 g/mol. The zero-order chi connectivity index (χ0) is 15.5. The van der Waals surface area contributed by atoms with Crippen molar-refractivity contribution >= 4 is 11.8 Å². The van der Waals surface area contributed by atoms with E-state index in [2.05, 4.69) is 5.32 Å². The Morgan fingerprint density at radius 2 is 2.00 bits per heavy atom. The third-order valence-electron chi connectivity index (χ3n) is 4.22. The van der Waals surface area contributed by atoms with Gasteiger partial charge in [-0.3, -0.25) is 9.59 Å². The van der Waals surface area contributed by atoms with Crippen LogP contribution in [0.2, 0.25) is 0 Å². The van der Waals surface area contributed by atoms with Gasteiger partial charge in [0.25, 0.3) is 0 Å². The Bertz CT molecular complexity index is 511. The van der Waals surface area contributed by atoms with Gasteiger partial charge in [0.1, 0.15) is 0 Å². The molecule has 1 aromatic rings. The molecule has 0 radical (unpaired) electrons. The summed E-state index contributed by atoms with van der Waals surface area (Å²) >= 11 is 0. The third-order valence-corrected chi connectivity index (χ3v) is 4.22. The maximum Gasteiger partial charge on any atom is 0.239 e. The van der Waals surface area contributed by atoms with Crippen molar-refractivity contribution in [2.24, 2.45) is 5.41 Å². The summed E-state index contributed by atoms with van der Waals surface area (Å²) in [5.41, 5.74) is 0.765. The summed E-state index contributed by atoms with van der Waals surface area (Å²) in [5.74, 6) is 0.000320. The summed E-state index contributed by atoms with van der Waals surface area (Å²) in [6.45, 7) is 6.64. The van der Waals surface area contributed by atoms with E-state index in [-0.39, 0.29) is 24.4 Å². The van der Waals surface area contributed by atoms with Crippen LogP contribution in [0.3, 0.4) is 0 Å². The van der Waals surface area contributed by atoms with Gasteiger partial charge in [-0.05, 0) is 18.4 Å². The summed E-state index contributed by atoms with van der Waals surface area (Å²) in [5, 5.41) is 2.99. The van der Waals surface area contributed by atoms with Crippen LogP contribution in [-0.4, -0.2) is 35.8 Å². The second-order valence-electron chi connectivity index (χ2n) is 6.38. The largest absolute Gasteiger partial charge is 0.350 e. The molecule has 1 saturated heterocycles. The minimum atomic E-state index is -0.408. The Hall–Kier alpha value is -1.84. The van der Waals surface area contributed by atoms with E-state index in [9.17, 15) is 9.59 Å². The summed E-state index contributed by atoms with van der Waals surface area (Å²) in [6, 6.07) is 10.0. The van der Waals surface area contributed by atoms with Crippen LogP contribution >= 0.6 is 0 Å². The molecule has 0 unspecified atom stereocenters. The summed E-state index contributed by atoms with van der Waals surface area (Å²) < 4.78 is 0. The molecule has 1 fully saturated rings. The zero-order valence-electron chi connectivity index (χ0n) is 13.1. The van der Waals surface area contributed by atoms with Crippen LogP contribution in [0.5, 0.6) is 0 Å². The molecule has 21 heavy (non-hydrogen) atoms. The van der Waals surface area contributed by atoms with Gasteiger partial charge in [-0.15, -0.1) is 0 Å². The van der Waals surface area contributed by atoms with E-state index in [1.165, 1.54) is 5.56 Å². The first kappa shape index (κ1) is 15.5. The lowest BCUT2D eigenvalue weighted by atomic mass is 9.88. The predicted molar refractivity (Wildman–Crippen MR) is 82.7 cm³/mol. The maximum atomic E-state index is 12.5. The van der Waals surface area contributed by atoms with Crippen molar-refractivity contribution in [3.8, 4) is 0 Å². The molecule has 4 nitrogen and oxygen atoms in total. The molecule has 0 bridgehead atoms. The van der Waals surface area contributed by atoms with Gasteiger partial charge in [-0.1, -0.05) is 51.1 Å². The van der Waals surface area contributed by atoms with Crippen molar-refractivity contribution in [1.82, 2.24) is 10.2 Å². The highest BCUT2D eigenvalue weighted by Gasteiger charge is 2.35. The van der Waals surface area contributed by atoms with Gasteiger partial charge in [0.15, 0.2) is 0 Å². The molecule has 0 aliphatic carbocycles. The number of hydrogen-bond acceptors (Lipinski definition) is 2. The Balaban J connectivity index is 2.06. The van der Waals surface area contributed by atoms with E-state index in [0.29, 0.717) is 6.54 Å². The fourth-order valence-corrected chi connectivity index (χ4v) is 2.57. The number of hydrogen-bond donors (Lipinski definition) is 1. The molecule has 1 N–H and O–H groups in total. The number of carbonyl (C=O) groups is 2. The molecule has 114 valence electrons. The summed E-state index contributed by atoms with van der Waals surface area (Å²) in [4.78, 5) is 26.1. The van der Waals surface area contributed by atoms with Gasteiger partial charge >= 0.3 is 0 Å². The van der Waals surface area contributed by atoms with Crippen molar-refractivity contribution in [2.75, 3.05) is 13.1 Å². The number of nitrogens with zero attached hydrogens (tertiary/aromatic N) is 1. The molecule has 1 atom stereocenters. The van der Waals surface area contributed by atoms with Crippen molar-refractivity contribution in [3.05, 3.63) is 35.9 Å². The van der Waals surface area contributed by atoms with Crippen molar-refractivity contribution in [2.45, 2.75) is 39.7 Å². The molecule has 1 aliphatic heterocycles. The van der Waals surface area contributed by atoms with E-state index < -0.39 is 5.41 Å². The zero-order valence-corrected chi connectivity index (χ0v) is 13.1. The molecule has 1 heterocycles. The Morgan fingerprint density at radius 1 is 1.33 bits per heavy atom. The topological polar surface area (TPSA) is 49.4 Å². The highest BCUT2D eigenvalue weighted by atomic mass is 16.2. The van der Waals surface area contributed by atoms with Gasteiger partial charge < -0.3 is 10.2 Å². The lowest BCUT2D eigenvalue weighted by molar-refractivity contribution is -0.146. The van der Waals surface area contributed by atoms with Gasteiger partial charge in [0.2, 0.25) is 11.8 Å². The molecular formula is C17H24N2O2. The molecule has 0 spiro atoms. The average Bonchev–Trinajstić information content (AvgIpc) is 2.47. The highest BCUT2D eigenvalue weighted by Crippen LogP contribution is 2.24. The number of carbonyl (C=O) groups excluding carboxylic acids is 2. The standard InChI is InChI=1S/C17H24N2O2/c1-4-17(2,3)16(21)19-11-14(18-15(20)12-19)10-13-8-6-5-7-9-13/h5-9,14H,4,10-12H2,1-3H3,(H,18,20)/t14-/m0/s1. The number of amides is 2. The summed E-state index contributed by atoms with van der Waals surface area (Å²) in [7, 11) is 0. The first-order valence-corrected chi connectivity index (χ1v) is 7.55. The third kappa shape index (κ3) is 3.84. The SMILES string of the molecule is CCC(C)(C)C(=O)N1CC(=O)N[C@@H](Cc2ccccc2)C1. The normalized spacial score (nSPS) is 19.3. The fourth-order valence-electron chi connectivity index (χ4n) is 2.57. The molecule has 1 aromatic carbocycles. The second-order valence-corrected chi connectivity index (χ2v) is 6.38. The van der Waals surface area contributed by atoms with Gasteiger partial charge in [-0.2, -0.15) is 0 Å². The van der Waals surface area contributed by atoms with Crippen LogP contribution in [0.4, 0.5) is 0 Å². The number of piperazine rings is 1. The molecule has 4 heteroatoms. The quantitative estimate of drug-likeness (QED) is 0.921. The number of benzene rings is 1. The first-order chi connectivity index (χ1) is 9.92. The van der Waals surface area contributed by atoms with Gasteiger partial charge in [0.05, 0.1) is 12.6 Å². The van der Waals surface area contributed by atoms with E-state index >= 15 is 0 Å². The van der Waals surface area contributed by atoms with Crippen LogP contribution in [0, 0.1) is 5.41 Å². The first-order valence-electron chi connectivity index (χ1n) is 7.55. The van der Waals surface area contributed by atoms with Crippen molar-refractivity contribution in [3.63, 3.8) is 0 Å². The lowest BCUT2D eigenvalue weighted by Gasteiger charge is -2.37. The molecule has 1 aliphatic rings. The van der Waals surface area contributed by atoms with Gasteiger partial charge in [-0.25, -0.2) is 0 Å². The van der Waals surface area contributed by atoms with Crippen molar-refractivity contribution < 1.29 is 9.59 Å². The highest BCUT2D eigenvalue weighted by molar-refractivity contribution is 5.88. The molecule has 0 saturated carbocycles. The fraction of sp³-hybridized carbons (Fsp3) is 0.529. The van der Waals surface area contributed by atoms with Crippen LogP contribution in [0.1, 0.15) is 32.8 Å². The van der Waals surface area contributed by atoms with Crippen LogP contribution in [0.15, 0.2) is 30.3 Å².